The molecular formula is C26H20N4O4S. The number of aromatic nitrogens is 2. The number of hydrogen-bond donors (Lipinski definition) is 4. The fourth-order valence-electron chi connectivity index (χ4n) is 4.08. The van der Waals surface area contributed by atoms with Crippen molar-refractivity contribution in [3.8, 4) is 16.9 Å². The Balaban J connectivity index is 1.27. The summed E-state index contributed by atoms with van der Waals surface area (Å²) in [7, 11) is 0. The van der Waals surface area contributed by atoms with Crippen LogP contribution in [0.5, 0.6) is 5.75 Å². The predicted molar refractivity (Wildman–Crippen MR) is 135 cm³/mol. The van der Waals surface area contributed by atoms with Crippen LogP contribution in [0.3, 0.4) is 0 Å². The number of fused-ring (bicyclic) bond motifs is 2. The van der Waals surface area contributed by atoms with Crippen molar-refractivity contribution >= 4 is 50.0 Å². The number of carbonyl (C=O) groups is 2. The highest BCUT2D eigenvalue weighted by Crippen LogP contribution is 2.35. The number of nitrogens with zero attached hydrogens (tertiary/aromatic N) is 1. The van der Waals surface area contributed by atoms with Crippen molar-refractivity contribution in [1.82, 2.24) is 15.3 Å². The van der Waals surface area contributed by atoms with E-state index in [1.54, 1.807) is 6.07 Å². The molecule has 8 nitrogen and oxygen atoms in total. The van der Waals surface area contributed by atoms with E-state index in [4.69, 9.17) is 4.74 Å². The van der Waals surface area contributed by atoms with Crippen LogP contribution in [0.2, 0.25) is 0 Å². The summed E-state index contributed by atoms with van der Waals surface area (Å²) in [6.07, 6.45) is 3.68. The number of amides is 2. The summed E-state index contributed by atoms with van der Waals surface area (Å²) < 4.78 is 6.05. The Morgan fingerprint density at radius 3 is 2.80 bits per heavy atom. The van der Waals surface area contributed by atoms with E-state index in [0.29, 0.717) is 23.8 Å². The van der Waals surface area contributed by atoms with Gasteiger partial charge in [0.15, 0.2) is 0 Å². The molecule has 4 N–H and O–H groups in total. The Hall–Kier alpha value is -4.21. The second-order valence-corrected chi connectivity index (χ2v) is 9.45. The Bertz CT molecular complexity index is 1600. The molecule has 0 saturated carbocycles. The summed E-state index contributed by atoms with van der Waals surface area (Å²) in [4.78, 5) is 33.7. The minimum Gasteiger partial charge on any atom is -0.507 e. The second-order valence-electron chi connectivity index (χ2n) is 8.36. The number of thiophene rings is 1. The zero-order chi connectivity index (χ0) is 23.9. The van der Waals surface area contributed by atoms with Gasteiger partial charge in [0.25, 0.3) is 11.8 Å². The molecule has 0 unspecified atom stereocenters. The molecule has 0 aliphatic carbocycles. The maximum Gasteiger partial charge on any atom is 0.265 e. The largest absolute Gasteiger partial charge is 0.507 e. The van der Waals surface area contributed by atoms with Crippen molar-refractivity contribution in [1.29, 1.82) is 0 Å². The van der Waals surface area contributed by atoms with Crippen LogP contribution in [0.25, 0.3) is 32.2 Å². The lowest BCUT2D eigenvalue weighted by Gasteiger charge is -2.26. The first kappa shape index (κ1) is 21.3. The van der Waals surface area contributed by atoms with Gasteiger partial charge in [-0.1, -0.05) is 12.1 Å². The highest BCUT2D eigenvalue weighted by atomic mass is 32.1. The molecule has 3 aromatic heterocycles. The van der Waals surface area contributed by atoms with Gasteiger partial charge in [-0.2, -0.15) is 0 Å². The van der Waals surface area contributed by atoms with E-state index in [0.717, 1.165) is 32.2 Å². The number of nitrogens with one attached hydrogen (secondary N) is 3. The lowest BCUT2D eigenvalue weighted by molar-refractivity contribution is -0.00350. The molecule has 6 rings (SSSR count). The van der Waals surface area contributed by atoms with Crippen LogP contribution in [0.1, 0.15) is 20.0 Å². The van der Waals surface area contributed by atoms with Crippen molar-refractivity contribution in [2.45, 2.75) is 6.04 Å². The minimum absolute atomic E-state index is 0.0685. The van der Waals surface area contributed by atoms with Gasteiger partial charge in [-0.05, 0) is 48.0 Å². The van der Waals surface area contributed by atoms with Gasteiger partial charge in [0.1, 0.15) is 11.4 Å². The average molecular weight is 485 g/mol. The quantitative estimate of drug-likeness (QED) is 0.274. The van der Waals surface area contributed by atoms with Crippen molar-refractivity contribution in [2.75, 3.05) is 18.5 Å². The SMILES string of the molecule is O=C(Nc1ccc(O)c(C(=O)NC2COC2)c1)c1cc2c(-c3cnc4[nH]ccc4c3)cccc2s1. The van der Waals surface area contributed by atoms with Gasteiger partial charge in [0, 0.05) is 39.1 Å². The molecule has 4 heterocycles. The summed E-state index contributed by atoms with van der Waals surface area (Å²) in [6, 6.07) is 16.3. The van der Waals surface area contributed by atoms with Crippen LogP contribution >= 0.6 is 11.3 Å². The Labute approximate surface area is 203 Å². The Morgan fingerprint density at radius 2 is 1.97 bits per heavy atom. The number of ether oxygens (including phenoxy) is 1. The highest BCUT2D eigenvalue weighted by Gasteiger charge is 2.23. The molecule has 35 heavy (non-hydrogen) atoms. The van der Waals surface area contributed by atoms with E-state index in [2.05, 4.69) is 26.7 Å². The molecule has 9 heteroatoms. The first-order valence-electron chi connectivity index (χ1n) is 11.0. The molecular weight excluding hydrogens is 464 g/mol. The summed E-state index contributed by atoms with van der Waals surface area (Å²) in [5, 5.41) is 17.8. The molecule has 2 amide bonds. The van der Waals surface area contributed by atoms with Gasteiger partial charge in [-0.15, -0.1) is 11.3 Å². The van der Waals surface area contributed by atoms with E-state index in [9.17, 15) is 14.7 Å². The minimum atomic E-state index is -0.411. The molecule has 0 atom stereocenters. The van der Waals surface area contributed by atoms with Crippen molar-refractivity contribution < 1.29 is 19.4 Å². The van der Waals surface area contributed by atoms with Gasteiger partial charge in [-0.3, -0.25) is 9.59 Å². The third-order valence-corrected chi connectivity index (χ3v) is 7.07. The highest BCUT2D eigenvalue weighted by molar-refractivity contribution is 7.21. The number of anilines is 1. The van der Waals surface area contributed by atoms with Crippen LogP contribution in [-0.2, 0) is 4.74 Å². The zero-order valence-corrected chi connectivity index (χ0v) is 19.2. The number of phenolic OH excluding ortho intramolecular Hbond substituents is 1. The number of benzene rings is 2. The monoisotopic (exact) mass is 484 g/mol. The van der Waals surface area contributed by atoms with Crippen LogP contribution < -0.4 is 10.6 Å². The van der Waals surface area contributed by atoms with Crippen LogP contribution in [0.15, 0.2) is 67.0 Å². The molecule has 0 spiro atoms. The average Bonchev–Trinajstić information content (AvgIpc) is 3.48. The van der Waals surface area contributed by atoms with Crippen molar-refractivity contribution in [3.05, 3.63) is 77.4 Å². The number of rotatable bonds is 5. The lowest BCUT2D eigenvalue weighted by atomic mass is 10.0. The molecule has 0 radical (unpaired) electrons. The Kier molecular flexibility index (Phi) is 5.20. The smallest absolute Gasteiger partial charge is 0.265 e. The topological polar surface area (TPSA) is 116 Å². The number of H-pyrrole nitrogens is 1. The van der Waals surface area contributed by atoms with Gasteiger partial charge in [0.2, 0.25) is 0 Å². The maximum atomic E-state index is 13.1. The van der Waals surface area contributed by atoms with E-state index >= 15 is 0 Å². The third kappa shape index (κ3) is 4.01. The maximum absolute atomic E-state index is 13.1. The lowest BCUT2D eigenvalue weighted by Crippen LogP contribution is -2.48. The number of hydrogen-bond acceptors (Lipinski definition) is 6. The fraction of sp³-hybridized carbons (Fsp3) is 0.115. The van der Waals surface area contributed by atoms with Crippen LogP contribution in [-0.4, -0.2) is 46.1 Å². The molecule has 1 fully saturated rings. The van der Waals surface area contributed by atoms with E-state index in [1.807, 2.05) is 42.7 Å². The number of phenols is 1. The van der Waals surface area contributed by atoms with Crippen LogP contribution in [0, 0.1) is 0 Å². The summed E-state index contributed by atoms with van der Waals surface area (Å²) in [5.74, 6) is -0.854. The van der Waals surface area contributed by atoms with E-state index in [-0.39, 0.29) is 23.3 Å². The second kappa shape index (κ2) is 8.53. The van der Waals surface area contributed by atoms with Crippen molar-refractivity contribution in [3.63, 3.8) is 0 Å². The molecule has 2 aromatic carbocycles. The number of pyridine rings is 1. The molecule has 174 valence electrons. The molecule has 1 aliphatic heterocycles. The van der Waals surface area contributed by atoms with Gasteiger partial charge < -0.3 is 25.5 Å². The summed E-state index contributed by atoms with van der Waals surface area (Å²) >= 11 is 1.39. The van der Waals surface area contributed by atoms with Crippen LogP contribution in [0.4, 0.5) is 5.69 Å². The van der Waals surface area contributed by atoms with E-state index < -0.39 is 5.91 Å². The fourth-order valence-corrected chi connectivity index (χ4v) is 5.07. The summed E-state index contributed by atoms with van der Waals surface area (Å²) in [5.41, 5.74) is 3.31. The molecule has 5 aromatic rings. The molecule has 1 saturated heterocycles. The van der Waals surface area contributed by atoms with Gasteiger partial charge in [-0.25, -0.2) is 4.98 Å². The first-order chi connectivity index (χ1) is 17.0. The van der Waals surface area contributed by atoms with Gasteiger partial charge >= 0.3 is 0 Å². The third-order valence-electron chi connectivity index (χ3n) is 5.97. The number of aromatic amines is 1. The van der Waals surface area contributed by atoms with E-state index in [1.165, 1.54) is 23.5 Å². The molecule has 1 aliphatic rings. The molecule has 0 bridgehead atoms. The van der Waals surface area contributed by atoms with Crippen molar-refractivity contribution in [2.24, 2.45) is 0 Å². The Morgan fingerprint density at radius 1 is 1.09 bits per heavy atom. The van der Waals surface area contributed by atoms with Gasteiger partial charge in [0.05, 0.1) is 29.7 Å². The standard InChI is InChI=1S/C26H20N4O4S/c31-21-5-4-16(9-20(21)25(32)30-17-12-34-13-17)29-26(33)23-10-19-18(2-1-3-22(19)35-23)15-8-14-6-7-27-24(14)28-11-15/h1-11,17,31H,12-13H2,(H,27,28)(H,29,33)(H,30,32). The normalized spacial score (nSPS) is 13.6. The summed E-state index contributed by atoms with van der Waals surface area (Å²) in [6.45, 7) is 0.901. The predicted octanol–water partition coefficient (Wildman–Crippen LogP) is 4.53. The number of carbonyl (C=O) groups excluding carboxylic acids is 2. The zero-order valence-electron chi connectivity index (χ0n) is 18.4. The number of aromatic hydroxyl groups is 1. The first-order valence-corrected chi connectivity index (χ1v) is 11.9.